The van der Waals surface area contributed by atoms with Gasteiger partial charge in [0.15, 0.2) is 0 Å². The fraction of sp³-hybridized carbons (Fsp3) is 0.714. The molecule has 0 aromatic carbocycles. The molecule has 0 spiro atoms. The van der Waals surface area contributed by atoms with Crippen LogP contribution >= 0.6 is 0 Å². The van der Waals surface area contributed by atoms with Crippen molar-refractivity contribution in [3.63, 3.8) is 0 Å². The van der Waals surface area contributed by atoms with Crippen molar-refractivity contribution >= 4 is 8.07 Å². The van der Waals surface area contributed by atoms with Gasteiger partial charge in [0.25, 0.3) is 0 Å². The molecule has 0 nitrogen and oxygen atoms in total. The van der Waals surface area contributed by atoms with E-state index in [9.17, 15) is 0 Å². The number of allylic oxidation sites excluding steroid dienone is 4. The third-order valence-corrected chi connectivity index (χ3v) is 9.74. The van der Waals surface area contributed by atoms with Crippen molar-refractivity contribution in [2.45, 2.75) is 64.6 Å². The topological polar surface area (TPSA) is 0 Å². The summed E-state index contributed by atoms with van der Waals surface area (Å²) < 4.78 is 0. The second-order valence-electron chi connectivity index (χ2n) is 4.85. The number of hydrogen-bond acceptors (Lipinski definition) is 0. The van der Waals surface area contributed by atoms with Gasteiger partial charge in [-0.3, -0.25) is 0 Å². The molecule has 0 radical (unpaired) electrons. The molecule has 1 rings (SSSR count). The Kier molecular flexibility index (Phi) is 5.38. The fourth-order valence-electron chi connectivity index (χ4n) is 3.13. The Labute approximate surface area is 96.5 Å². The molecular formula is C14H26Si. The summed E-state index contributed by atoms with van der Waals surface area (Å²) in [4.78, 5) is 0. The minimum absolute atomic E-state index is 1.06. The van der Waals surface area contributed by atoms with Gasteiger partial charge < -0.3 is 0 Å². The second kappa shape index (κ2) is 6.32. The van der Waals surface area contributed by atoms with E-state index in [0.717, 1.165) is 0 Å². The summed E-state index contributed by atoms with van der Waals surface area (Å²) in [5, 5.41) is 1.84. The predicted molar refractivity (Wildman–Crippen MR) is 72.9 cm³/mol. The second-order valence-corrected chi connectivity index (χ2v) is 9.56. The van der Waals surface area contributed by atoms with E-state index in [1.165, 1.54) is 43.8 Å². The summed E-state index contributed by atoms with van der Waals surface area (Å²) in [6, 6.07) is 4.55. The summed E-state index contributed by atoms with van der Waals surface area (Å²) in [5.41, 5.74) is 0. The molecule has 0 aromatic rings. The Balaban J connectivity index is 2.79. The van der Waals surface area contributed by atoms with E-state index in [-0.39, 0.29) is 0 Å². The highest BCUT2D eigenvalue weighted by Crippen LogP contribution is 2.36. The van der Waals surface area contributed by atoms with Crippen LogP contribution in [0.4, 0.5) is 0 Å². The standard InChI is InChI=1S/C14H26Si/c1-4-11-15(12-5-2,13-6-3)14-9-7-8-10-14/h7-9H,4-6,10-13H2,1-3H3. The zero-order valence-corrected chi connectivity index (χ0v) is 11.7. The lowest BCUT2D eigenvalue weighted by Crippen LogP contribution is -2.36. The normalized spacial score (nSPS) is 15.8. The highest BCUT2D eigenvalue weighted by atomic mass is 28.3. The van der Waals surface area contributed by atoms with E-state index in [4.69, 9.17) is 0 Å². The predicted octanol–water partition coefficient (Wildman–Crippen LogP) is 5.09. The van der Waals surface area contributed by atoms with Gasteiger partial charge in [0.05, 0.1) is 8.07 Å². The number of rotatable bonds is 7. The Morgan fingerprint density at radius 1 is 1.00 bits per heavy atom. The van der Waals surface area contributed by atoms with Crippen molar-refractivity contribution in [3.05, 3.63) is 23.4 Å². The van der Waals surface area contributed by atoms with Gasteiger partial charge in [-0.15, -0.1) is 0 Å². The summed E-state index contributed by atoms with van der Waals surface area (Å²) in [6.45, 7) is 7.07. The third-order valence-electron chi connectivity index (χ3n) is 3.64. The molecule has 0 N–H and O–H groups in total. The lowest BCUT2D eigenvalue weighted by molar-refractivity contribution is 0.923. The van der Waals surface area contributed by atoms with E-state index in [1.54, 1.807) is 0 Å². The molecule has 1 aliphatic carbocycles. The van der Waals surface area contributed by atoms with Crippen LogP contribution in [-0.4, -0.2) is 8.07 Å². The van der Waals surface area contributed by atoms with Gasteiger partial charge in [-0.05, 0) is 6.42 Å². The monoisotopic (exact) mass is 222 g/mol. The Morgan fingerprint density at radius 2 is 1.53 bits per heavy atom. The zero-order valence-electron chi connectivity index (χ0n) is 10.7. The SMILES string of the molecule is CCC[Si](CCC)(CCC)C1=CC=CC1. The average molecular weight is 222 g/mol. The van der Waals surface area contributed by atoms with Crippen molar-refractivity contribution < 1.29 is 0 Å². The first kappa shape index (κ1) is 12.8. The van der Waals surface area contributed by atoms with E-state index in [1.807, 2.05) is 5.20 Å². The maximum Gasteiger partial charge on any atom is 0.0819 e. The van der Waals surface area contributed by atoms with Crippen LogP contribution in [0.1, 0.15) is 46.5 Å². The van der Waals surface area contributed by atoms with Crippen LogP contribution in [0, 0.1) is 0 Å². The molecule has 0 aliphatic heterocycles. The molecule has 86 valence electrons. The molecule has 0 fully saturated rings. The maximum atomic E-state index is 2.44. The van der Waals surface area contributed by atoms with E-state index < -0.39 is 8.07 Å². The molecule has 0 saturated carbocycles. The highest BCUT2D eigenvalue weighted by Gasteiger charge is 2.33. The van der Waals surface area contributed by atoms with Gasteiger partial charge in [-0.1, -0.05) is 81.6 Å². The largest absolute Gasteiger partial charge is 0.0819 e. The molecule has 1 aliphatic rings. The summed E-state index contributed by atoms with van der Waals surface area (Å²) >= 11 is 0. The van der Waals surface area contributed by atoms with Crippen molar-refractivity contribution in [1.82, 2.24) is 0 Å². The van der Waals surface area contributed by atoms with Crippen LogP contribution in [0.5, 0.6) is 0 Å². The molecule has 0 unspecified atom stereocenters. The Bertz CT molecular complexity index is 221. The molecule has 0 aromatic heterocycles. The average Bonchev–Trinajstić information content (AvgIpc) is 2.72. The van der Waals surface area contributed by atoms with E-state index in [0.29, 0.717) is 0 Å². The minimum atomic E-state index is -1.06. The van der Waals surface area contributed by atoms with Gasteiger partial charge in [0, 0.05) is 0 Å². The Hall–Kier alpha value is -0.303. The van der Waals surface area contributed by atoms with Crippen LogP contribution in [0.3, 0.4) is 0 Å². The molecular weight excluding hydrogens is 196 g/mol. The first-order valence-corrected chi connectivity index (χ1v) is 9.27. The third kappa shape index (κ3) is 3.07. The van der Waals surface area contributed by atoms with Gasteiger partial charge in [0.2, 0.25) is 0 Å². The molecule has 0 saturated heterocycles. The Morgan fingerprint density at radius 3 is 1.87 bits per heavy atom. The van der Waals surface area contributed by atoms with Crippen molar-refractivity contribution in [2.75, 3.05) is 0 Å². The van der Waals surface area contributed by atoms with Gasteiger partial charge in [-0.2, -0.15) is 0 Å². The first-order chi connectivity index (χ1) is 7.29. The molecule has 1 heteroatoms. The maximum absolute atomic E-state index is 2.44. The molecule has 15 heavy (non-hydrogen) atoms. The van der Waals surface area contributed by atoms with Gasteiger partial charge in [-0.25, -0.2) is 0 Å². The summed E-state index contributed by atoms with van der Waals surface area (Å²) in [6.07, 6.45) is 12.5. The van der Waals surface area contributed by atoms with Crippen LogP contribution in [0.2, 0.25) is 18.1 Å². The van der Waals surface area contributed by atoms with Crippen LogP contribution in [0.25, 0.3) is 0 Å². The highest BCUT2D eigenvalue weighted by molar-refractivity contribution is 6.86. The smallest absolute Gasteiger partial charge is 0.0809 e. The van der Waals surface area contributed by atoms with Crippen LogP contribution in [-0.2, 0) is 0 Å². The van der Waals surface area contributed by atoms with Crippen LogP contribution < -0.4 is 0 Å². The minimum Gasteiger partial charge on any atom is -0.0809 e. The quantitative estimate of drug-likeness (QED) is 0.526. The summed E-state index contributed by atoms with van der Waals surface area (Å²) in [5.74, 6) is 0. The number of hydrogen-bond donors (Lipinski definition) is 0. The molecule has 0 atom stereocenters. The van der Waals surface area contributed by atoms with Crippen molar-refractivity contribution in [1.29, 1.82) is 0 Å². The fourth-order valence-corrected chi connectivity index (χ4v) is 8.72. The lowest BCUT2D eigenvalue weighted by Gasteiger charge is -2.33. The van der Waals surface area contributed by atoms with E-state index >= 15 is 0 Å². The van der Waals surface area contributed by atoms with Crippen molar-refractivity contribution in [3.8, 4) is 0 Å². The van der Waals surface area contributed by atoms with E-state index in [2.05, 4.69) is 39.0 Å². The lowest BCUT2D eigenvalue weighted by atomic mass is 10.5. The molecule has 0 heterocycles. The van der Waals surface area contributed by atoms with Crippen LogP contribution in [0.15, 0.2) is 23.4 Å². The molecule has 0 bridgehead atoms. The van der Waals surface area contributed by atoms with Gasteiger partial charge >= 0.3 is 0 Å². The van der Waals surface area contributed by atoms with Gasteiger partial charge in [0.1, 0.15) is 0 Å². The first-order valence-electron chi connectivity index (χ1n) is 6.65. The summed E-state index contributed by atoms with van der Waals surface area (Å²) in [7, 11) is -1.06. The molecule has 0 amide bonds. The van der Waals surface area contributed by atoms with Crippen molar-refractivity contribution in [2.24, 2.45) is 0 Å². The zero-order chi connectivity index (χ0) is 11.1.